The zero-order valence-corrected chi connectivity index (χ0v) is 24.2. The summed E-state index contributed by atoms with van der Waals surface area (Å²) in [4.78, 5) is 66.6. The molecule has 1 aromatic carbocycles. The van der Waals surface area contributed by atoms with E-state index in [0.717, 1.165) is 41.1 Å². The molecule has 4 amide bonds. The molecular formula is C26H30N6O6S2. The molecule has 1 aliphatic carbocycles. The fraction of sp³-hybridized carbons (Fsp3) is 0.346. The Hall–Kier alpha value is -4.17. The number of benzene rings is 1. The summed E-state index contributed by atoms with van der Waals surface area (Å²) in [5, 5.41) is 11.7. The Kier molecular flexibility index (Phi) is 10.4. The lowest BCUT2D eigenvalue weighted by Crippen LogP contribution is -2.25. The van der Waals surface area contributed by atoms with E-state index in [1.165, 1.54) is 26.4 Å². The van der Waals surface area contributed by atoms with E-state index >= 15 is 0 Å². The maximum Gasteiger partial charge on any atom is 0.349 e. The summed E-state index contributed by atoms with van der Waals surface area (Å²) >= 11 is 2.18. The van der Waals surface area contributed by atoms with Crippen LogP contribution >= 0.6 is 22.7 Å². The van der Waals surface area contributed by atoms with Crippen molar-refractivity contribution in [2.75, 3.05) is 23.1 Å². The first-order valence-electron chi connectivity index (χ1n) is 12.3. The summed E-state index contributed by atoms with van der Waals surface area (Å²) in [6.45, 7) is 6.80. The number of carbonyl (C=O) groups is 5. The maximum atomic E-state index is 12.5. The van der Waals surface area contributed by atoms with E-state index in [4.69, 9.17) is 0 Å². The lowest BCUT2D eigenvalue weighted by atomic mass is 10.1. The van der Waals surface area contributed by atoms with Gasteiger partial charge >= 0.3 is 5.97 Å². The second-order valence-corrected chi connectivity index (χ2v) is 11.2. The second kappa shape index (κ2) is 13.8. The molecule has 0 unspecified atom stereocenters. The van der Waals surface area contributed by atoms with Gasteiger partial charge < -0.3 is 26.0 Å². The Morgan fingerprint density at radius 2 is 1.55 bits per heavy atom. The van der Waals surface area contributed by atoms with Crippen LogP contribution in [0, 0.1) is 12.8 Å². The average Bonchev–Trinajstić information content (AvgIpc) is 3.39. The fourth-order valence-electron chi connectivity index (χ4n) is 2.94. The van der Waals surface area contributed by atoms with Gasteiger partial charge in [-0.2, -0.15) is 0 Å². The highest BCUT2D eigenvalue weighted by atomic mass is 32.1. The number of aromatic nitrogens is 2. The molecule has 14 heteroatoms. The van der Waals surface area contributed by atoms with E-state index in [0.29, 0.717) is 31.3 Å². The van der Waals surface area contributed by atoms with Crippen LogP contribution in [0.2, 0.25) is 0 Å². The Bertz CT molecular complexity index is 1410. The minimum Gasteiger partial charge on any atom is -0.465 e. The van der Waals surface area contributed by atoms with Gasteiger partial charge in [-0.05, 0) is 37.5 Å². The Labute approximate surface area is 238 Å². The molecule has 0 bridgehead atoms. The van der Waals surface area contributed by atoms with E-state index in [-0.39, 0.29) is 35.6 Å². The quantitative estimate of drug-likeness (QED) is 0.286. The van der Waals surface area contributed by atoms with Crippen molar-refractivity contribution in [2.45, 2.75) is 46.6 Å². The van der Waals surface area contributed by atoms with Crippen molar-refractivity contribution in [1.82, 2.24) is 15.3 Å². The van der Waals surface area contributed by atoms with Gasteiger partial charge in [0.05, 0.1) is 19.5 Å². The monoisotopic (exact) mass is 586 g/mol. The largest absolute Gasteiger partial charge is 0.465 e. The van der Waals surface area contributed by atoms with E-state index in [1.807, 2.05) is 6.92 Å². The molecule has 212 valence electrons. The fourth-order valence-corrected chi connectivity index (χ4v) is 4.44. The number of nitrogens with one attached hydrogen (secondary N) is 4. The molecule has 3 aromatic rings. The van der Waals surface area contributed by atoms with Gasteiger partial charge in [0.15, 0.2) is 10.3 Å². The number of ether oxygens (including phenoxy) is 1. The summed E-state index contributed by atoms with van der Waals surface area (Å²) < 4.78 is 4.47. The van der Waals surface area contributed by atoms with Crippen molar-refractivity contribution in [1.29, 1.82) is 0 Å². The number of methoxy groups -OCH3 is 1. The Balaban J connectivity index is 0.000000285. The van der Waals surface area contributed by atoms with Gasteiger partial charge in [0.1, 0.15) is 9.75 Å². The first-order valence-corrected chi connectivity index (χ1v) is 13.9. The van der Waals surface area contributed by atoms with Crippen molar-refractivity contribution in [2.24, 2.45) is 5.92 Å². The molecule has 1 saturated carbocycles. The highest BCUT2D eigenvalue weighted by Gasteiger charge is 2.24. The molecule has 4 N–H and O–H groups in total. The van der Waals surface area contributed by atoms with Crippen LogP contribution in [-0.4, -0.2) is 52.7 Å². The molecule has 0 atom stereocenters. The third-order valence-corrected chi connectivity index (χ3v) is 7.12. The number of hydrogen-bond donors (Lipinski definition) is 4. The van der Waals surface area contributed by atoms with Crippen LogP contribution in [0.1, 0.15) is 68.9 Å². The molecule has 2 heterocycles. The van der Waals surface area contributed by atoms with Crippen molar-refractivity contribution in [3.05, 3.63) is 51.5 Å². The number of esters is 1. The lowest BCUT2D eigenvalue weighted by molar-refractivity contribution is -0.119. The Morgan fingerprint density at radius 3 is 2.15 bits per heavy atom. The predicted octanol–water partition coefficient (Wildman–Crippen LogP) is 4.08. The molecular weight excluding hydrogens is 556 g/mol. The molecule has 0 spiro atoms. The SMILES string of the molecule is COC(=O)c1cnc(NC(C)=O)s1.Cc1ccc(C(=O)NC2CC2)cc1NC(=O)c1cnc(NC(=O)C(C)C)s1. The van der Waals surface area contributed by atoms with E-state index in [2.05, 4.69) is 36.0 Å². The number of nitrogens with zero attached hydrogens (tertiary/aromatic N) is 2. The molecule has 12 nitrogen and oxygen atoms in total. The van der Waals surface area contributed by atoms with Crippen LogP contribution in [0.3, 0.4) is 0 Å². The van der Waals surface area contributed by atoms with E-state index in [1.54, 1.807) is 32.0 Å². The summed E-state index contributed by atoms with van der Waals surface area (Å²) in [6, 6.07) is 5.49. The minimum atomic E-state index is -0.450. The van der Waals surface area contributed by atoms with Crippen LogP contribution in [0.4, 0.5) is 16.0 Å². The number of aryl methyl sites for hydroxylation is 1. The third-order valence-electron chi connectivity index (χ3n) is 5.32. The first kappa shape index (κ1) is 30.4. The molecule has 40 heavy (non-hydrogen) atoms. The van der Waals surface area contributed by atoms with E-state index < -0.39 is 5.97 Å². The van der Waals surface area contributed by atoms with Crippen molar-refractivity contribution >= 4 is 68.2 Å². The molecule has 4 rings (SSSR count). The summed E-state index contributed by atoms with van der Waals surface area (Å²) in [6.07, 6.45) is 4.82. The van der Waals surface area contributed by atoms with Gasteiger partial charge in [-0.3, -0.25) is 19.2 Å². The summed E-state index contributed by atoms with van der Waals surface area (Å²) in [5.41, 5.74) is 1.94. The van der Waals surface area contributed by atoms with Crippen LogP contribution in [-0.2, 0) is 14.3 Å². The average molecular weight is 587 g/mol. The van der Waals surface area contributed by atoms with Crippen molar-refractivity contribution in [3.63, 3.8) is 0 Å². The minimum absolute atomic E-state index is 0.135. The van der Waals surface area contributed by atoms with E-state index in [9.17, 15) is 24.0 Å². The first-order chi connectivity index (χ1) is 19.0. The number of hydrogen-bond acceptors (Lipinski definition) is 10. The molecule has 2 aromatic heterocycles. The zero-order chi connectivity index (χ0) is 29.4. The van der Waals surface area contributed by atoms with Crippen LogP contribution < -0.4 is 21.3 Å². The highest BCUT2D eigenvalue weighted by Crippen LogP contribution is 2.24. The summed E-state index contributed by atoms with van der Waals surface area (Å²) in [7, 11) is 1.29. The van der Waals surface area contributed by atoms with Gasteiger partial charge in [0.25, 0.3) is 11.8 Å². The van der Waals surface area contributed by atoms with Gasteiger partial charge in [0.2, 0.25) is 11.8 Å². The van der Waals surface area contributed by atoms with Gasteiger partial charge in [-0.1, -0.05) is 42.6 Å². The van der Waals surface area contributed by atoms with Gasteiger partial charge in [-0.25, -0.2) is 14.8 Å². The maximum absolute atomic E-state index is 12.5. The number of carbonyl (C=O) groups excluding carboxylic acids is 5. The summed E-state index contributed by atoms with van der Waals surface area (Å²) in [5.74, 6) is -1.45. The van der Waals surface area contributed by atoms with Crippen LogP contribution in [0.25, 0.3) is 0 Å². The molecule has 0 radical (unpaired) electrons. The number of rotatable bonds is 8. The second-order valence-electron chi connectivity index (χ2n) is 9.11. The predicted molar refractivity (Wildman–Crippen MR) is 153 cm³/mol. The highest BCUT2D eigenvalue weighted by molar-refractivity contribution is 7.18. The van der Waals surface area contributed by atoms with Crippen molar-refractivity contribution < 1.29 is 28.7 Å². The molecule has 1 fully saturated rings. The molecule has 1 aliphatic rings. The molecule has 0 saturated heterocycles. The smallest absolute Gasteiger partial charge is 0.349 e. The van der Waals surface area contributed by atoms with Crippen molar-refractivity contribution in [3.8, 4) is 0 Å². The standard InChI is InChI=1S/C19H22N4O3S.C7H8N2O3S/c1-10(2)16(24)23-19-20-9-15(27-19)18(26)22-14-8-12(5-4-11(14)3)17(25)21-13-6-7-13;1-4(10)9-7-8-3-5(13-7)6(11)12-2/h4-5,8-10,13H,6-7H2,1-3H3,(H,21,25)(H,22,26)(H,20,23,24);3H,1-2H3,(H,8,9,10). The number of anilines is 3. The lowest BCUT2D eigenvalue weighted by Gasteiger charge is -2.10. The number of amides is 4. The third kappa shape index (κ3) is 8.95. The Morgan fingerprint density at radius 1 is 0.925 bits per heavy atom. The van der Waals surface area contributed by atoms with Crippen LogP contribution in [0.15, 0.2) is 30.6 Å². The molecule has 0 aliphatic heterocycles. The number of thiazole rings is 2. The van der Waals surface area contributed by atoms with Gasteiger partial charge in [-0.15, -0.1) is 0 Å². The van der Waals surface area contributed by atoms with Crippen LogP contribution in [0.5, 0.6) is 0 Å². The zero-order valence-electron chi connectivity index (χ0n) is 22.6. The topological polar surface area (TPSA) is 168 Å². The van der Waals surface area contributed by atoms with Gasteiger partial charge in [0, 0.05) is 30.1 Å². The normalized spacial score (nSPS) is 12.1.